The number of hydrogen-bond acceptors (Lipinski definition) is 2. The van der Waals surface area contributed by atoms with E-state index in [0.717, 1.165) is 24.2 Å². The summed E-state index contributed by atoms with van der Waals surface area (Å²) in [7, 11) is 0. The van der Waals surface area contributed by atoms with Crippen molar-refractivity contribution in [1.82, 2.24) is 14.8 Å². The summed E-state index contributed by atoms with van der Waals surface area (Å²) in [6.07, 6.45) is 1.60. The second kappa shape index (κ2) is 6.43. The van der Waals surface area contributed by atoms with Crippen LogP contribution in [-0.4, -0.2) is 14.8 Å². The van der Waals surface area contributed by atoms with E-state index < -0.39 is 0 Å². The van der Waals surface area contributed by atoms with Gasteiger partial charge in [-0.1, -0.05) is 60.7 Å². The number of nitrogens with one attached hydrogen (secondary N) is 1. The normalized spacial score (nSPS) is 12.2. The Labute approximate surface area is 129 Å². The minimum absolute atomic E-state index is 0.0294. The first-order valence-corrected chi connectivity index (χ1v) is 7.50. The molecule has 0 fully saturated rings. The first-order chi connectivity index (χ1) is 10.8. The second-order valence-corrected chi connectivity index (χ2v) is 5.39. The molecule has 0 bridgehead atoms. The van der Waals surface area contributed by atoms with Crippen molar-refractivity contribution in [2.45, 2.75) is 25.8 Å². The maximum Gasteiger partial charge on any atom is 0.343 e. The van der Waals surface area contributed by atoms with Gasteiger partial charge in [0, 0.05) is 6.42 Å². The van der Waals surface area contributed by atoms with Gasteiger partial charge in [0.1, 0.15) is 5.82 Å². The van der Waals surface area contributed by atoms with E-state index in [1.165, 1.54) is 5.56 Å². The van der Waals surface area contributed by atoms with Crippen LogP contribution in [0.2, 0.25) is 0 Å². The van der Waals surface area contributed by atoms with Crippen LogP contribution in [0.4, 0.5) is 0 Å². The molecule has 0 saturated carbocycles. The van der Waals surface area contributed by atoms with Gasteiger partial charge < -0.3 is 0 Å². The monoisotopic (exact) mass is 293 g/mol. The van der Waals surface area contributed by atoms with Gasteiger partial charge in [0.15, 0.2) is 0 Å². The van der Waals surface area contributed by atoms with E-state index in [1.807, 2.05) is 55.5 Å². The second-order valence-electron chi connectivity index (χ2n) is 5.39. The minimum Gasteiger partial charge on any atom is -0.272 e. The average molecular weight is 293 g/mol. The maximum absolute atomic E-state index is 12.1. The molecule has 0 aliphatic heterocycles. The first kappa shape index (κ1) is 14.3. The van der Waals surface area contributed by atoms with Gasteiger partial charge in [0.2, 0.25) is 0 Å². The Morgan fingerprint density at radius 3 is 2.32 bits per heavy atom. The number of nitrogens with zero attached hydrogens (tertiary/aromatic N) is 2. The lowest BCUT2D eigenvalue weighted by atomic mass is 10.1. The van der Waals surface area contributed by atoms with Crippen LogP contribution in [0, 0.1) is 0 Å². The molecule has 0 aliphatic rings. The molecule has 112 valence electrons. The molecule has 0 spiro atoms. The zero-order chi connectivity index (χ0) is 15.4. The van der Waals surface area contributed by atoms with Crippen molar-refractivity contribution < 1.29 is 0 Å². The van der Waals surface area contributed by atoms with E-state index in [-0.39, 0.29) is 11.7 Å². The molecule has 2 aromatic carbocycles. The summed E-state index contributed by atoms with van der Waals surface area (Å²) in [4.78, 5) is 12.1. The number of aryl methyl sites for hydroxylation is 2. The lowest BCUT2D eigenvalue weighted by Gasteiger charge is -2.15. The van der Waals surface area contributed by atoms with Crippen LogP contribution in [0.1, 0.15) is 29.9 Å². The van der Waals surface area contributed by atoms with Gasteiger partial charge in [-0.25, -0.2) is 9.89 Å². The van der Waals surface area contributed by atoms with E-state index in [2.05, 4.69) is 22.3 Å². The number of benzene rings is 2. The van der Waals surface area contributed by atoms with Gasteiger partial charge in [-0.3, -0.25) is 4.57 Å². The summed E-state index contributed by atoms with van der Waals surface area (Å²) in [5.41, 5.74) is 2.20. The van der Waals surface area contributed by atoms with Gasteiger partial charge in [0.25, 0.3) is 0 Å². The summed E-state index contributed by atoms with van der Waals surface area (Å²) in [5, 5.41) is 6.78. The van der Waals surface area contributed by atoms with E-state index in [4.69, 9.17) is 0 Å². The summed E-state index contributed by atoms with van der Waals surface area (Å²) < 4.78 is 1.75. The highest BCUT2D eigenvalue weighted by Gasteiger charge is 2.15. The quantitative estimate of drug-likeness (QED) is 0.786. The maximum atomic E-state index is 12.1. The van der Waals surface area contributed by atoms with Crippen molar-refractivity contribution in [2.75, 3.05) is 0 Å². The Balaban J connectivity index is 1.83. The molecule has 0 radical (unpaired) electrons. The Bertz CT molecular complexity index is 775. The van der Waals surface area contributed by atoms with Crippen LogP contribution in [0.25, 0.3) is 0 Å². The SMILES string of the molecule is C[C@@H](c1ccccc1)n1c(CCc2ccccc2)n[nH]c1=O. The van der Waals surface area contributed by atoms with Gasteiger partial charge in [0.05, 0.1) is 6.04 Å². The first-order valence-electron chi connectivity index (χ1n) is 7.50. The summed E-state index contributed by atoms with van der Waals surface area (Å²) in [6, 6.07) is 20.2. The molecule has 4 heteroatoms. The molecule has 22 heavy (non-hydrogen) atoms. The standard InChI is InChI=1S/C18H19N3O/c1-14(16-10-6-3-7-11-16)21-17(19-20-18(21)22)13-12-15-8-4-2-5-9-15/h2-11,14H,12-13H2,1H3,(H,20,22)/t14-/m0/s1. The van der Waals surface area contributed by atoms with Crippen LogP contribution >= 0.6 is 0 Å². The Morgan fingerprint density at radius 1 is 1.00 bits per heavy atom. The fourth-order valence-electron chi connectivity index (χ4n) is 2.69. The smallest absolute Gasteiger partial charge is 0.272 e. The van der Waals surface area contributed by atoms with Crippen molar-refractivity contribution in [3.63, 3.8) is 0 Å². The fraction of sp³-hybridized carbons (Fsp3) is 0.222. The van der Waals surface area contributed by atoms with Crippen LogP contribution in [-0.2, 0) is 12.8 Å². The molecule has 1 atom stereocenters. The summed E-state index contributed by atoms with van der Waals surface area (Å²) >= 11 is 0. The predicted octanol–water partition coefficient (Wildman–Crippen LogP) is 2.97. The molecule has 1 heterocycles. The van der Waals surface area contributed by atoms with Crippen molar-refractivity contribution in [2.24, 2.45) is 0 Å². The molecular formula is C18H19N3O. The highest BCUT2D eigenvalue weighted by molar-refractivity contribution is 5.20. The van der Waals surface area contributed by atoms with Crippen LogP contribution in [0.15, 0.2) is 65.5 Å². The number of aromatic amines is 1. The van der Waals surface area contributed by atoms with Crippen LogP contribution in [0.3, 0.4) is 0 Å². The fourth-order valence-corrected chi connectivity index (χ4v) is 2.69. The molecule has 0 saturated heterocycles. The van der Waals surface area contributed by atoms with Gasteiger partial charge >= 0.3 is 5.69 Å². The Hall–Kier alpha value is -2.62. The van der Waals surface area contributed by atoms with Gasteiger partial charge in [-0.2, -0.15) is 5.10 Å². The van der Waals surface area contributed by atoms with E-state index in [0.29, 0.717) is 0 Å². The lowest BCUT2D eigenvalue weighted by Crippen LogP contribution is -2.23. The van der Waals surface area contributed by atoms with Crippen LogP contribution < -0.4 is 5.69 Å². The van der Waals surface area contributed by atoms with Crippen molar-refractivity contribution in [3.05, 3.63) is 88.1 Å². The lowest BCUT2D eigenvalue weighted by molar-refractivity contribution is 0.581. The number of H-pyrrole nitrogens is 1. The third-order valence-corrected chi connectivity index (χ3v) is 3.93. The minimum atomic E-state index is -0.153. The summed E-state index contributed by atoms with van der Waals surface area (Å²) in [6.45, 7) is 2.03. The molecule has 3 rings (SSSR count). The zero-order valence-electron chi connectivity index (χ0n) is 12.6. The van der Waals surface area contributed by atoms with Crippen molar-refractivity contribution in [3.8, 4) is 0 Å². The average Bonchev–Trinajstić information content (AvgIpc) is 2.95. The molecule has 1 aromatic heterocycles. The molecule has 3 aromatic rings. The molecule has 1 N–H and O–H groups in total. The highest BCUT2D eigenvalue weighted by Crippen LogP contribution is 2.17. The molecule has 0 amide bonds. The number of hydrogen-bond donors (Lipinski definition) is 1. The van der Waals surface area contributed by atoms with Crippen molar-refractivity contribution in [1.29, 1.82) is 0 Å². The Morgan fingerprint density at radius 2 is 1.64 bits per heavy atom. The van der Waals surface area contributed by atoms with Gasteiger partial charge in [-0.05, 0) is 24.5 Å². The molecule has 4 nitrogen and oxygen atoms in total. The number of rotatable bonds is 5. The van der Waals surface area contributed by atoms with Crippen molar-refractivity contribution >= 4 is 0 Å². The third-order valence-electron chi connectivity index (χ3n) is 3.93. The third kappa shape index (κ3) is 3.01. The molecule has 0 unspecified atom stereocenters. The van der Waals surface area contributed by atoms with E-state index in [1.54, 1.807) is 4.57 Å². The highest BCUT2D eigenvalue weighted by atomic mass is 16.1. The Kier molecular flexibility index (Phi) is 4.19. The zero-order valence-corrected chi connectivity index (χ0v) is 12.6. The van der Waals surface area contributed by atoms with Crippen LogP contribution in [0.5, 0.6) is 0 Å². The molecule has 0 aliphatic carbocycles. The predicted molar refractivity (Wildman–Crippen MR) is 87.0 cm³/mol. The summed E-state index contributed by atoms with van der Waals surface area (Å²) in [5.74, 6) is 0.796. The van der Waals surface area contributed by atoms with E-state index >= 15 is 0 Å². The number of aromatic nitrogens is 3. The topological polar surface area (TPSA) is 50.7 Å². The van der Waals surface area contributed by atoms with E-state index in [9.17, 15) is 4.79 Å². The molecular weight excluding hydrogens is 274 g/mol. The van der Waals surface area contributed by atoms with Gasteiger partial charge in [-0.15, -0.1) is 0 Å². The largest absolute Gasteiger partial charge is 0.343 e.